The average molecular weight is 203 g/mol. The molecule has 0 aromatic rings. The van der Waals surface area contributed by atoms with Crippen LogP contribution in [0.15, 0.2) is 10.1 Å². The quantitative estimate of drug-likeness (QED) is 0.599. The van der Waals surface area contributed by atoms with Gasteiger partial charge in [0, 0.05) is 10.1 Å². The first-order valence-electron chi connectivity index (χ1n) is 3.67. The second kappa shape index (κ2) is 3.91. The minimum atomic E-state index is 0.962. The predicted octanol–water partition coefficient (Wildman–Crippen LogP) is 2.80. The number of allylic oxidation sites excluding steroid dienone is 2. The molecule has 0 saturated heterocycles. The first kappa shape index (κ1) is 7.99. The van der Waals surface area contributed by atoms with E-state index in [0.717, 1.165) is 29.2 Å². The van der Waals surface area contributed by atoms with Crippen molar-refractivity contribution in [1.82, 2.24) is 0 Å². The largest absolute Gasteiger partial charge is 0.298 e. The number of halogens is 1. The van der Waals surface area contributed by atoms with Gasteiger partial charge in [0.05, 0.1) is 0 Å². The Kier molecular flexibility index (Phi) is 3.13. The SMILES string of the molecule is O=CC1=C(Br)CCCCC1. The van der Waals surface area contributed by atoms with E-state index in [4.69, 9.17) is 0 Å². The standard InChI is InChI=1S/C8H11BrO/c9-8-5-3-1-2-4-7(8)6-10/h6H,1-5H2. The molecule has 1 nitrogen and oxygen atoms in total. The van der Waals surface area contributed by atoms with Crippen LogP contribution < -0.4 is 0 Å². The number of carbonyl (C=O) groups excluding carboxylic acids is 1. The third-order valence-electron chi connectivity index (χ3n) is 1.83. The van der Waals surface area contributed by atoms with E-state index in [1.165, 1.54) is 19.3 Å². The summed E-state index contributed by atoms with van der Waals surface area (Å²) in [4.78, 5) is 10.4. The third-order valence-corrected chi connectivity index (χ3v) is 2.74. The molecule has 0 atom stereocenters. The molecule has 0 aliphatic heterocycles. The summed E-state index contributed by atoms with van der Waals surface area (Å²) >= 11 is 3.41. The van der Waals surface area contributed by atoms with Crippen LogP contribution in [0, 0.1) is 0 Å². The molecule has 2 heteroatoms. The van der Waals surface area contributed by atoms with E-state index in [1.807, 2.05) is 0 Å². The molecule has 0 saturated carbocycles. The van der Waals surface area contributed by atoms with Crippen molar-refractivity contribution in [3.05, 3.63) is 10.1 Å². The molecule has 0 radical (unpaired) electrons. The molecule has 0 amide bonds. The second-order valence-electron chi connectivity index (χ2n) is 2.61. The van der Waals surface area contributed by atoms with Gasteiger partial charge in [-0.15, -0.1) is 0 Å². The van der Waals surface area contributed by atoms with E-state index in [2.05, 4.69) is 15.9 Å². The zero-order valence-corrected chi connectivity index (χ0v) is 7.49. The van der Waals surface area contributed by atoms with Crippen molar-refractivity contribution in [2.75, 3.05) is 0 Å². The van der Waals surface area contributed by atoms with Crippen molar-refractivity contribution in [2.24, 2.45) is 0 Å². The fourth-order valence-corrected chi connectivity index (χ4v) is 1.76. The van der Waals surface area contributed by atoms with Crippen LogP contribution >= 0.6 is 15.9 Å². The van der Waals surface area contributed by atoms with Crippen LogP contribution in [0.5, 0.6) is 0 Å². The Bertz CT molecular complexity index is 161. The van der Waals surface area contributed by atoms with E-state index in [9.17, 15) is 4.79 Å². The Balaban J connectivity index is 2.67. The van der Waals surface area contributed by atoms with Crippen molar-refractivity contribution in [3.63, 3.8) is 0 Å². The van der Waals surface area contributed by atoms with Gasteiger partial charge >= 0.3 is 0 Å². The number of rotatable bonds is 1. The summed E-state index contributed by atoms with van der Waals surface area (Å²) in [6.45, 7) is 0. The molecule has 1 rings (SSSR count). The fourth-order valence-electron chi connectivity index (χ4n) is 1.19. The maximum absolute atomic E-state index is 10.4. The van der Waals surface area contributed by atoms with Gasteiger partial charge in [-0.05, 0) is 25.7 Å². The second-order valence-corrected chi connectivity index (χ2v) is 3.57. The molecule has 0 heterocycles. The Morgan fingerprint density at radius 3 is 2.60 bits per heavy atom. The van der Waals surface area contributed by atoms with E-state index in [0.29, 0.717) is 0 Å². The normalized spacial score (nSPS) is 20.5. The maximum atomic E-state index is 10.4. The molecule has 0 unspecified atom stereocenters. The molecule has 0 bridgehead atoms. The highest BCUT2D eigenvalue weighted by molar-refractivity contribution is 9.11. The molecule has 10 heavy (non-hydrogen) atoms. The van der Waals surface area contributed by atoms with Crippen LogP contribution in [0.4, 0.5) is 0 Å². The zero-order valence-electron chi connectivity index (χ0n) is 5.90. The smallest absolute Gasteiger partial charge is 0.146 e. The lowest BCUT2D eigenvalue weighted by Gasteiger charge is -1.95. The highest BCUT2D eigenvalue weighted by atomic mass is 79.9. The summed E-state index contributed by atoms with van der Waals surface area (Å²) in [5.74, 6) is 0. The van der Waals surface area contributed by atoms with Gasteiger partial charge in [0.1, 0.15) is 6.29 Å². The average Bonchev–Trinajstić information content (AvgIpc) is 2.13. The maximum Gasteiger partial charge on any atom is 0.146 e. The van der Waals surface area contributed by atoms with Crippen molar-refractivity contribution in [2.45, 2.75) is 32.1 Å². The van der Waals surface area contributed by atoms with Crippen molar-refractivity contribution >= 4 is 22.2 Å². The Labute approximate surface area is 69.6 Å². The van der Waals surface area contributed by atoms with Gasteiger partial charge in [-0.1, -0.05) is 22.4 Å². The lowest BCUT2D eigenvalue weighted by Crippen LogP contribution is -1.84. The molecule has 0 aromatic carbocycles. The number of carbonyl (C=O) groups is 1. The topological polar surface area (TPSA) is 17.1 Å². The van der Waals surface area contributed by atoms with Crippen LogP contribution in [0.3, 0.4) is 0 Å². The molecule has 0 spiro atoms. The molecular formula is C8H11BrO. The lowest BCUT2D eigenvalue weighted by molar-refractivity contribution is -0.105. The Morgan fingerprint density at radius 1 is 1.20 bits per heavy atom. The van der Waals surface area contributed by atoms with Gasteiger partial charge in [0.15, 0.2) is 0 Å². The first-order chi connectivity index (χ1) is 4.84. The lowest BCUT2D eigenvalue weighted by atomic mass is 10.1. The summed E-state index contributed by atoms with van der Waals surface area (Å²) in [7, 11) is 0. The van der Waals surface area contributed by atoms with Gasteiger partial charge in [-0.2, -0.15) is 0 Å². The van der Waals surface area contributed by atoms with Crippen molar-refractivity contribution in [3.8, 4) is 0 Å². The number of hydrogen-bond donors (Lipinski definition) is 0. The van der Waals surface area contributed by atoms with Gasteiger partial charge in [-0.3, -0.25) is 4.79 Å². The summed E-state index contributed by atoms with van der Waals surface area (Å²) < 4.78 is 1.12. The number of hydrogen-bond acceptors (Lipinski definition) is 1. The fraction of sp³-hybridized carbons (Fsp3) is 0.625. The van der Waals surface area contributed by atoms with Gasteiger partial charge in [0.25, 0.3) is 0 Å². The van der Waals surface area contributed by atoms with E-state index < -0.39 is 0 Å². The molecule has 0 N–H and O–H groups in total. The zero-order chi connectivity index (χ0) is 7.40. The summed E-state index contributed by atoms with van der Waals surface area (Å²) in [6, 6.07) is 0. The number of aldehydes is 1. The van der Waals surface area contributed by atoms with Crippen LogP contribution in [0.1, 0.15) is 32.1 Å². The van der Waals surface area contributed by atoms with Crippen molar-refractivity contribution in [1.29, 1.82) is 0 Å². The summed E-state index contributed by atoms with van der Waals surface area (Å²) in [6.07, 6.45) is 6.64. The molecule has 0 aromatic heterocycles. The van der Waals surface area contributed by atoms with Gasteiger partial charge < -0.3 is 0 Å². The molecule has 56 valence electrons. The van der Waals surface area contributed by atoms with Gasteiger partial charge in [-0.25, -0.2) is 0 Å². The first-order valence-corrected chi connectivity index (χ1v) is 4.46. The van der Waals surface area contributed by atoms with E-state index >= 15 is 0 Å². The summed E-state index contributed by atoms with van der Waals surface area (Å²) in [5, 5.41) is 0. The summed E-state index contributed by atoms with van der Waals surface area (Å²) in [5.41, 5.74) is 0.970. The van der Waals surface area contributed by atoms with Crippen LogP contribution in [0.2, 0.25) is 0 Å². The minimum absolute atomic E-state index is 0.962. The monoisotopic (exact) mass is 202 g/mol. The Hall–Kier alpha value is -0.110. The van der Waals surface area contributed by atoms with Crippen LogP contribution in [-0.4, -0.2) is 6.29 Å². The van der Waals surface area contributed by atoms with Gasteiger partial charge in [0.2, 0.25) is 0 Å². The molecular weight excluding hydrogens is 192 g/mol. The Morgan fingerprint density at radius 2 is 1.90 bits per heavy atom. The molecule has 1 aliphatic rings. The van der Waals surface area contributed by atoms with Crippen LogP contribution in [-0.2, 0) is 4.79 Å². The van der Waals surface area contributed by atoms with E-state index in [-0.39, 0.29) is 0 Å². The van der Waals surface area contributed by atoms with Crippen LogP contribution in [0.25, 0.3) is 0 Å². The highest BCUT2D eigenvalue weighted by Crippen LogP contribution is 2.26. The minimum Gasteiger partial charge on any atom is -0.298 e. The predicted molar refractivity (Wildman–Crippen MR) is 45.1 cm³/mol. The third kappa shape index (κ3) is 1.94. The van der Waals surface area contributed by atoms with Crippen molar-refractivity contribution < 1.29 is 4.79 Å². The molecule has 1 aliphatic carbocycles. The highest BCUT2D eigenvalue weighted by Gasteiger charge is 2.07. The van der Waals surface area contributed by atoms with E-state index in [1.54, 1.807) is 0 Å². The molecule has 0 fully saturated rings.